The highest BCUT2D eigenvalue weighted by Gasteiger charge is 2.23. The summed E-state index contributed by atoms with van der Waals surface area (Å²) in [5, 5.41) is 0.0308. The van der Waals surface area contributed by atoms with E-state index in [0.29, 0.717) is 11.4 Å². The quantitative estimate of drug-likeness (QED) is 0.791. The molecule has 90 valence electrons. The lowest BCUT2D eigenvalue weighted by Gasteiger charge is -2.19. The van der Waals surface area contributed by atoms with Gasteiger partial charge in [0, 0.05) is 7.05 Å². The molecule has 0 amide bonds. The second kappa shape index (κ2) is 4.10. The summed E-state index contributed by atoms with van der Waals surface area (Å²) in [5.41, 5.74) is 6.57. The van der Waals surface area contributed by atoms with Crippen molar-refractivity contribution in [3.05, 3.63) is 36.8 Å². The average Bonchev–Trinajstić information content (AvgIpc) is 2.83. The van der Waals surface area contributed by atoms with Gasteiger partial charge in [-0.2, -0.15) is 8.42 Å². The number of benzene rings is 1. The maximum absolute atomic E-state index is 12.1. The molecule has 17 heavy (non-hydrogen) atoms. The Bertz CT molecular complexity index is 607. The molecular weight excluding hydrogens is 240 g/mol. The number of aromatic nitrogens is 2. The topological polar surface area (TPSA) is 92.1 Å². The first-order chi connectivity index (χ1) is 8.03. The predicted octanol–water partition coefficient (Wildman–Crippen LogP) is 0.817. The Labute approximate surface area is 99.1 Å². The molecule has 0 aliphatic carbocycles. The summed E-state index contributed by atoms with van der Waals surface area (Å²) in [6, 6.07) is 6.76. The van der Waals surface area contributed by atoms with Gasteiger partial charge in [0.15, 0.2) is 5.03 Å². The fraction of sp³-hybridized carbons (Fsp3) is 0.100. The van der Waals surface area contributed by atoms with E-state index >= 15 is 0 Å². The Morgan fingerprint density at radius 1 is 1.35 bits per heavy atom. The number of H-pyrrole nitrogens is 1. The molecule has 0 aliphatic heterocycles. The van der Waals surface area contributed by atoms with Gasteiger partial charge >= 0.3 is 0 Å². The van der Waals surface area contributed by atoms with Crippen molar-refractivity contribution in [2.24, 2.45) is 0 Å². The minimum absolute atomic E-state index is 0.0308. The van der Waals surface area contributed by atoms with E-state index in [9.17, 15) is 8.42 Å². The van der Waals surface area contributed by atoms with Gasteiger partial charge in [-0.05, 0) is 12.1 Å². The van der Waals surface area contributed by atoms with Crippen molar-refractivity contribution in [2.75, 3.05) is 17.1 Å². The van der Waals surface area contributed by atoms with Gasteiger partial charge in [0.1, 0.15) is 0 Å². The number of para-hydroxylation sites is 2. The number of sulfonamides is 1. The molecule has 0 saturated heterocycles. The molecule has 2 rings (SSSR count). The fourth-order valence-electron chi connectivity index (χ4n) is 1.44. The maximum atomic E-state index is 12.1. The van der Waals surface area contributed by atoms with Crippen LogP contribution in [0.5, 0.6) is 0 Å². The number of anilines is 2. The van der Waals surface area contributed by atoms with Crippen LogP contribution in [0.15, 0.2) is 41.8 Å². The summed E-state index contributed by atoms with van der Waals surface area (Å²) in [6.45, 7) is 0. The van der Waals surface area contributed by atoms with Gasteiger partial charge < -0.3 is 10.7 Å². The molecule has 0 radical (unpaired) electrons. The normalized spacial score (nSPS) is 11.4. The molecule has 0 atom stereocenters. The standard InChI is InChI=1S/C10H12N4O2S/c1-14(9-5-3-2-4-8(9)11)17(15,16)10-6-12-7-13-10/h2-7H,11H2,1H3,(H,12,13). The third kappa shape index (κ3) is 1.96. The summed E-state index contributed by atoms with van der Waals surface area (Å²) in [5.74, 6) is 0. The van der Waals surface area contributed by atoms with Crippen LogP contribution in [0.4, 0.5) is 11.4 Å². The number of nitrogen functional groups attached to an aromatic ring is 1. The first-order valence-corrected chi connectivity index (χ1v) is 6.29. The van der Waals surface area contributed by atoms with Crippen LogP contribution in [0.2, 0.25) is 0 Å². The highest BCUT2D eigenvalue weighted by molar-refractivity contribution is 7.92. The Morgan fingerprint density at radius 3 is 2.65 bits per heavy atom. The molecule has 0 unspecified atom stereocenters. The molecule has 1 aromatic heterocycles. The summed E-state index contributed by atoms with van der Waals surface area (Å²) in [7, 11) is -2.19. The van der Waals surface area contributed by atoms with E-state index in [4.69, 9.17) is 5.73 Å². The molecule has 0 fully saturated rings. The fourth-order valence-corrected chi connectivity index (χ4v) is 2.55. The highest BCUT2D eigenvalue weighted by Crippen LogP contribution is 2.25. The summed E-state index contributed by atoms with van der Waals surface area (Å²) in [4.78, 5) is 6.26. The molecule has 2 aromatic rings. The zero-order chi connectivity index (χ0) is 12.5. The van der Waals surface area contributed by atoms with E-state index in [0.717, 1.165) is 4.31 Å². The number of hydrogen-bond acceptors (Lipinski definition) is 4. The number of imidazole rings is 1. The van der Waals surface area contributed by atoms with Crippen molar-refractivity contribution in [1.29, 1.82) is 0 Å². The Hall–Kier alpha value is -2.02. The van der Waals surface area contributed by atoms with Crippen LogP contribution >= 0.6 is 0 Å². The van der Waals surface area contributed by atoms with Crippen LogP contribution < -0.4 is 10.0 Å². The summed E-state index contributed by atoms with van der Waals surface area (Å²) < 4.78 is 25.4. The number of aromatic amines is 1. The molecule has 1 aromatic carbocycles. The number of hydrogen-bond donors (Lipinski definition) is 2. The van der Waals surface area contributed by atoms with Crippen LogP contribution in [0.25, 0.3) is 0 Å². The molecule has 0 saturated carbocycles. The minimum Gasteiger partial charge on any atom is -0.397 e. The second-order valence-corrected chi connectivity index (χ2v) is 5.38. The molecule has 3 N–H and O–H groups in total. The number of nitrogens with two attached hydrogens (primary N) is 1. The Balaban J connectivity index is 2.46. The molecule has 0 aliphatic rings. The summed E-state index contributed by atoms with van der Waals surface area (Å²) >= 11 is 0. The van der Waals surface area contributed by atoms with Crippen molar-refractivity contribution in [3.63, 3.8) is 0 Å². The first kappa shape index (κ1) is 11.5. The maximum Gasteiger partial charge on any atom is 0.281 e. The number of nitrogens with one attached hydrogen (secondary N) is 1. The van der Waals surface area contributed by atoms with Gasteiger partial charge in [-0.1, -0.05) is 12.1 Å². The highest BCUT2D eigenvalue weighted by atomic mass is 32.2. The van der Waals surface area contributed by atoms with E-state index in [-0.39, 0.29) is 5.03 Å². The molecule has 0 spiro atoms. The van der Waals surface area contributed by atoms with Gasteiger partial charge in [-0.15, -0.1) is 0 Å². The third-order valence-corrected chi connectivity index (χ3v) is 4.08. The van der Waals surface area contributed by atoms with E-state index in [2.05, 4.69) is 9.97 Å². The van der Waals surface area contributed by atoms with Crippen molar-refractivity contribution >= 4 is 21.4 Å². The van der Waals surface area contributed by atoms with Crippen LogP contribution in [0.1, 0.15) is 0 Å². The molecule has 0 bridgehead atoms. The predicted molar refractivity (Wildman–Crippen MR) is 65.0 cm³/mol. The zero-order valence-corrected chi connectivity index (χ0v) is 9.98. The lowest BCUT2D eigenvalue weighted by molar-refractivity contribution is 0.591. The van der Waals surface area contributed by atoms with E-state index in [1.165, 1.54) is 19.6 Å². The van der Waals surface area contributed by atoms with Crippen LogP contribution in [-0.4, -0.2) is 25.4 Å². The van der Waals surface area contributed by atoms with Crippen LogP contribution in [-0.2, 0) is 10.0 Å². The van der Waals surface area contributed by atoms with Crippen molar-refractivity contribution in [1.82, 2.24) is 9.97 Å². The SMILES string of the molecule is CN(c1ccccc1N)S(=O)(=O)c1cnc[nH]1. The summed E-state index contributed by atoms with van der Waals surface area (Å²) in [6.07, 6.45) is 2.57. The average molecular weight is 252 g/mol. The first-order valence-electron chi connectivity index (χ1n) is 4.85. The van der Waals surface area contributed by atoms with E-state index < -0.39 is 10.0 Å². The third-order valence-electron chi connectivity index (χ3n) is 2.39. The number of nitrogens with zero attached hydrogens (tertiary/aromatic N) is 2. The van der Waals surface area contributed by atoms with E-state index in [1.54, 1.807) is 24.3 Å². The van der Waals surface area contributed by atoms with E-state index in [1.807, 2.05) is 0 Å². The molecule has 7 heteroatoms. The monoisotopic (exact) mass is 252 g/mol. The van der Waals surface area contributed by atoms with Crippen molar-refractivity contribution in [3.8, 4) is 0 Å². The Morgan fingerprint density at radius 2 is 2.06 bits per heavy atom. The molecule has 6 nitrogen and oxygen atoms in total. The smallest absolute Gasteiger partial charge is 0.281 e. The molecular formula is C10H12N4O2S. The van der Waals surface area contributed by atoms with Crippen molar-refractivity contribution < 1.29 is 8.42 Å². The van der Waals surface area contributed by atoms with Gasteiger partial charge in [-0.25, -0.2) is 4.98 Å². The lowest BCUT2D eigenvalue weighted by atomic mass is 10.3. The van der Waals surface area contributed by atoms with Gasteiger partial charge in [0.2, 0.25) is 0 Å². The van der Waals surface area contributed by atoms with Crippen LogP contribution in [0, 0.1) is 0 Å². The van der Waals surface area contributed by atoms with Crippen LogP contribution in [0.3, 0.4) is 0 Å². The van der Waals surface area contributed by atoms with Gasteiger partial charge in [-0.3, -0.25) is 4.31 Å². The Kier molecular flexibility index (Phi) is 2.76. The van der Waals surface area contributed by atoms with Crippen molar-refractivity contribution in [2.45, 2.75) is 5.03 Å². The second-order valence-electron chi connectivity index (χ2n) is 3.45. The van der Waals surface area contributed by atoms with Gasteiger partial charge in [0.05, 0.1) is 23.9 Å². The van der Waals surface area contributed by atoms with Gasteiger partial charge in [0.25, 0.3) is 10.0 Å². The zero-order valence-electron chi connectivity index (χ0n) is 9.16. The largest absolute Gasteiger partial charge is 0.397 e. The minimum atomic E-state index is -3.64. The number of rotatable bonds is 3. The lowest BCUT2D eigenvalue weighted by Crippen LogP contribution is -2.27. The molecule has 1 heterocycles.